The van der Waals surface area contributed by atoms with Crippen LogP contribution in [0, 0.1) is 0 Å². The number of rotatable bonds is 1. The number of H-pyrrole nitrogens is 1. The first-order valence-electron chi connectivity index (χ1n) is 5.20. The maximum Gasteiger partial charge on any atom is 0.296 e. The van der Waals surface area contributed by atoms with Gasteiger partial charge in [-0.1, -0.05) is 20.8 Å². The van der Waals surface area contributed by atoms with Crippen LogP contribution in [0.25, 0.3) is 5.65 Å². The van der Waals surface area contributed by atoms with E-state index in [0.29, 0.717) is 0 Å². The average Bonchev–Trinajstić information content (AvgIpc) is 2.60. The number of fused-ring (bicyclic) bond motifs is 1. The zero-order valence-corrected chi connectivity index (χ0v) is 9.79. The fraction of sp³-hybridized carbons (Fsp3) is 0.455. The van der Waals surface area contributed by atoms with Crippen LogP contribution in [-0.2, 0) is 5.41 Å². The lowest BCUT2D eigenvalue weighted by Crippen LogP contribution is -2.19. The van der Waals surface area contributed by atoms with E-state index in [1.165, 1.54) is 6.07 Å². The Morgan fingerprint density at radius 2 is 2.00 bits per heavy atom. The van der Waals surface area contributed by atoms with Gasteiger partial charge in [-0.3, -0.25) is 9.89 Å². The molecule has 2 rings (SSSR count). The van der Waals surface area contributed by atoms with Crippen LogP contribution in [0.4, 0.5) is 8.78 Å². The van der Waals surface area contributed by atoms with Crippen molar-refractivity contribution in [3.8, 4) is 0 Å². The predicted molar refractivity (Wildman–Crippen MR) is 59.5 cm³/mol. The minimum Gasteiger partial charge on any atom is -0.271 e. The molecule has 0 aliphatic heterocycles. The van der Waals surface area contributed by atoms with Gasteiger partial charge < -0.3 is 0 Å². The van der Waals surface area contributed by atoms with Crippen molar-refractivity contribution in [1.82, 2.24) is 14.6 Å². The van der Waals surface area contributed by atoms with Gasteiger partial charge in [-0.15, -0.1) is 0 Å². The summed E-state index contributed by atoms with van der Waals surface area (Å²) in [6.45, 7) is 5.83. The van der Waals surface area contributed by atoms with Crippen LogP contribution in [0.2, 0.25) is 0 Å². The van der Waals surface area contributed by atoms with Gasteiger partial charge in [0.25, 0.3) is 12.0 Å². The molecule has 4 nitrogen and oxygen atoms in total. The van der Waals surface area contributed by atoms with Gasteiger partial charge in [-0.25, -0.2) is 18.3 Å². The lowest BCUT2D eigenvalue weighted by atomic mass is 9.88. The molecule has 0 saturated heterocycles. The van der Waals surface area contributed by atoms with Crippen LogP contribution in [0.5, 0.6) is 0 Å². The van der Waals surface area contributed by atoms with E-state index in [1.807, 2.05) is 20.8 Å². The van der Waals surface area contributed by atoms with Crippen molar-refractivity contribution in [2.24, 2.45) is 0 Å². The van der Waals surface area contributed by atoms with Crippen LogP contribution in [-0.4, -0.2) is 14.6 Å². The molecule has 0 radical (unpaired) electrons. The quantitative estimate of drug-likeness (QED) is 0.832. The molecule has 0 spiro atoms. The molecule has 17 heavy (non-hydrogen) atoms. The largest absolute Gasteiger partial charge is 0.296 e. The van der Waals surface area contributed by atoms with Crippen LogP contribution < -0.4 is 5.56 Å². The van der Waals surface area contributed by atoms with Gasteiger partial charge in [0.05, 0.1) is 0 Å². The number of halogens is 2. The zero-order valence-electron chi connectivity index (χ0n) is 9.79. The molecule has 2 heterocycles. The Morgan fingerprint density at radius 1 is 1.35 bits per heavy atom. The molecule has 0 amide bonds. The Hall–Kier alpha value is -1.72. The monoisotopic (exact) mass is 241 g/mol. The van der Waals surface area contributed by atoms with Crippen LogP contribution in [0.15, 0.2) is 16.9 Å². The van der Waals surface area contributed by atoms with Gasteiger partial charge >= 0.3 is 0 Å². The van der Waals surface area contributed by atoms with E-state index in [-0.39, 0.29) is 16.6 Å². The fourth-order valence-corrected chi connectivity index (χ4v) is 1.54. The predicted octanol–water partition coefficient (Wildman–Crippen LogP) is 2.26. The molecule has 0 aliphatic rings. The highest BCUT2D eigenvalue weighted by Crippen LogP contribution is 2.22. The normalized spacial score (nSPS) is 12.6. The first-order valence-corrected chi connectivity index (χ1v) is 5.20. The summed E-state index contributed by atoms with van der Waals surface area (Å²) in [5, 5.41) is 2.29. The van der Waals surface area contributed by atoms with Crippen LogP contribution >= 0.6 is 0 Å². The van der Waals surface area contributed by atoms with Gasteiger partial charge in [0.1, 0.15) is 0 Å². The molecule has 0 aromatic carbocycles. The Labute approximate surface area is 96.3 Å². The maximum atomic E-state index is 12.5. The van der Waals surface area contributed by atoms with Gasteiger partial charge in [0.2, 0.25) is 0 Å². The topological polar surface area (TPSA) is 50.2 Å². The lowest BCUT2D eigenvalue weighted by molar-refractivity contribution is 0.140. The summed E-state index contributed by atoms with van der Waals surface area (Å²) in [5.74, 6) is -0.492. The number of alkyl halides is 2. The van der Waals surface area contributed by atoms with Crippen molar-refractivity contribution in [2.75, 3.05) is 0 Å². The molecule has 0 aliphatic carbocycles. The summed E-state index contributed by atoms with van der Waals surface area (Å²) in [7, 11) is 0. The van der Waals surface area contributed by atoms with Crippen LogP contribution in [0.3, 0.4) is 0 Å². The Kier molecular flexibility index (Phi) is 2.52. The number of nitrogens with zero attached hydrogens (tertiary/aromatic N) is 2. The van der Waals surface area contributed by atoms with Crippen molar-refractivity contribution < 1.29 is 8.78 Å². The molecule has 0 atom stereocenters. The Balaban J connectivity index is 2.70. The van der Waals surface area contributed by atoms with E-state index in [1.54, 1.807) is 6.07 Å². The van der Waals surface area contributed by atoms with Crippen molar-refractivity contribution >= 4 is 5.65 Å². The van der Waals surface area contributed by atoms with Gasteiger partial charge in [0.15, 0.2) is 11.5 Å². The molecule has 0 unspecified atom stereocenters. The second-order valence-electron chi connectivity index (χ2n) is 4.94. The molecular weight excluding hydrogens is 228 g/mol. The number of hydrogen-bond acceptors (Lipinski definition) is 2. The second kappa shape index (κ2) is 3.65. The third kappa shape index (κ3) is 2.07. The molecular formula is C11H13F2N3O. The van der Waals surface area contributed by atoms with E-state index >= 15 is 0 Å². The third-order valence-electron chi connectivity index (χ3n) is 2.55. The minimum atomic E-state index is -2.72. The molecule has 1 N–H and O–H groups in total. The Morgan fingerprint density at radius 3 is 2.53 bits per heavy atom. The van der Waals surface area contributed by atoms with E-state index in [0.717, 1.165) is 10.1 Å². The summed E-state index contributed by atoms with van der Waals surface area (Å²) in [6.07, 6.45) is -2.72. The average molecular weight is 241 g/mol. The highest BCUT2D eigenvalue weighted by molar-refractivity contribution is 5.42. The summed E-state index contributed by atoms with van der Waals surface area (Å²) in [6, 6.07) is 3.07. The van der Waals surface area contributed by atoms with Gasteiger partial charge in [-0.05, 0) is 17.0 Å². The first kappa shape index (κ1) is 11.8. The molecule has 6 heteroatoms. The second-order valence-corrected chi connectivity index (χ2v) is 4.94. The maximum absolute atomic E-state index is 12.5. The number of pyridine rings is 1. The molecule has 2 aromatic heterocycles. The minimum absolute atomic E-state index is 0.220. The number of aromatic amines is 1. The summed E-state index contributed by atoms with van der Waals surface area (Å²) >= 11 is 0. The van der Waals surface area contributed by atoms with Gasteiger partial charge in [-0.2, -0.15) is 0 Å². The number of hydrogen-bond donors (Lipinski definition) is 1. The SMILES string of the molecule is CC(C)(C)c1cc(=O)n2[nH]c(C(F)F)nc2c1. The van der Waals surface area contributed by atoms with E-state index in [2.05, 4.69) is 10.1 Å². The molecule has 2 aromatic rings. The van der Waals surface area contributed by atoms with E-state index < -0.39 is 12.2 Å². The fourth-order valence-electron chi connectivity index (χ4n) is 1.54. The van der Waals surface area contributed by atoms with Crippen molar-refractivity contribution in [2.45, 2.75) is 32.6 Å². The first-order chi connectivity index (χ1) is 7.79. The number of nitrogens with one attached hydrogen (secondary N) is 1. The molecule has 0 bridgehead atoms. The number of aromatic nitrogens is 3. The highest BCUT2D eigenvalue weighted by atomic mass is 19.3. The molecule has 92 valence electrons. The molecule has 0 saturated carbocycles. The highest BCUT2D eigenvalue weighted by Gasteiger charge is 2.18. The lowest BCUT2D eigenvalue weighted by Gasteiger charge is -2.18. The smallest absolute Gasteiger partial charge is 0.271 e. The standard InChI is InChI=1S/C11H13F2N3O/c1-11(2,3)6-4-7-14-10(9(12)13)15-16(7)8(17)5-6/h4-5,9H,1-3H3,(H,14,15). The van der Waals surface area contributed by atoms with Gasteiger partial charge in [0, 0.05) is 6.07 Å². The third-order valence-corrected chi connectivity index (χ3v) is 2.55. The molecule has 0 fully saturated rings. The van der Waals surface area contributed by atoms with E-state index in [4.69, 9.17) is 0 Å². The zero-order chi connectivity index (χ0) is 12.8. The van der Waals surface area contributed by atoms with Crippen LogP contribution in [0.1, 0.15) is 38.6 Å². The summed E-state index contributed by atoms with van der Waals surface area (Å²) in [4.78, 5) is 15.4. The van der Waals surface area contributed by atoms with Crippen molar-refractivity contribution in [3.05, 3.63) is 33.9 Å². The summed E-state index contributed by atoms with van der Waals surface area (Å²) < 4.78 is 25.9. The van der Waals surface area contributed by atoms with Crippen molar-refractivity contribution in [1.29, 1.82) is 0 Å². The summed E-state index contributed by atoms with van der Waals surface area (Å²) in [5.41, 5.74) is 0.386. The van der Waals surface area contributed by atoms with Crippen molar-refractivity contribution in [3.63, 3.8) is 0 Å². The van der Waals surface area contributed by atoms with E-state index in [9.17, 15) is 13.6 Å². The Bertz CT molecular complexity index is 607.